The first-order chi connectivity index (χ1) is 11.2. The highest BCUT2D eigenvalue weighted by atomic mass is 32.1. The van der Waals surface area contributed by atoms with Gasteiger partial charge in [-0.05, 0) is 48.6 Å². The van der Waals surface area contributed by atoms with Gasteiger partial charge < -0.3 is 10.2 Å². The summed E-state index contributed by atoms with van der Waals surface area (Å²) in [5.74, 6) is -0.170. The highest BCUT2D eigenvalue weighted by molar-refractivity contribution is 7.10. The zero-order chi connectivity index (χ0) is 16.1. The fourth-order valence-electron chi connectivity index (χ4n) is 2.56. The van der Waals surface area contributed by atoms with Crippen LogP contribution in [0.15, 0.2) is 47.9 Å². The summed E-state index contributed by atoms with van der Waals surface area (Å²) in [6, 6.07) is 11.0. The average molecular weight is 326 g/mol. The van der Waals surface area contributed by atoms with Crippen LogP contribution in [0.5, 0.6) is 0 Å². The first-order valence-electron chi connectivity index (χ1n) is 7.64. The lowest BCUT2D eigenvalue weighted by atomic mass is 10.1. The second-order valence-corrected chi connectivity index (χ2v) is 6.40. The van der Waals surface area contributed by atoms with Crippen LogP contribution in [0.4, 0.5) is 5.69 Å². The van der Waals surface area contributed by atoms with Crippen molar-refractivity contribution in [2.45, 2.75) is 12.8 Å². The molecule has 1 aliphatic rings. The van der Waals surface area contributed by atoms with Crippen LogP contribution in [-0.2, 0) is 4.79 Å². The van der Waals surface area contributed by atoms with Gasteiger partial charge in [-0.2, -0.15) is 0 Å². The molecule has 2 heterocycles. The molecule has 0 atom stereocenters. The molecule has 0 bridgehead atoms. The molecule has 0 aliphatic carbocycles. The van der Waals surface area contributed by atoms with E-state index in [0.717, 1.165) is 30.8 Å². The van der Waals surface area contributed by atoms with E-state index in [4.69, 9.17) is 0 Å². The van der Waals surface area contributed by atoms with Crippen molar-refractivity contribution in [3.8, 4) is 0 Å². The van der Waals surface area contributed by atoms with Gasteiger partial charge in [-0.1, -0.05) is 12.1 Å². The Morgan fingerprint density at radius 2 is 1.96 bits per heavy atom. The highest BCUT2D eigenvalue weighted by Gasteiger charge is 2.19. The zero-order valence-corrected chi connectivity index (χ0v) is 13.5. The number of nitrogens with one attached hydrogen (secondary N) is 1. The summed E-state index contributed by atoms with van der Waals surface area (Å²) in [4.78, 5) is 27.2. The van der Waals surface area contributed by atoms with Gasteiger partial charge in [-0.25, -0.2) is 0 Å². The van der Waals surface area contributed by atoms with Gasteiger partial charge in [0.1, 0.15) is 0 Å². The number of hydrogen-bond donors (Lipinski definition) is 1. The third-order valence-electron chi connectivity index (χ3n) is 3.71. The van der Waals surface area contributed by atoms with E-state index in [1.54, 1.807) is 41.7 Å². The van der Waals surface area contributed by atoms with Crippen LogP contribution >= 0.6 is 11.3 Å². The predicted molar refractivity (Wildman–Crippen MR) is 93.6 cm³/mol. The molecule has 1 aromatic heterocycles. The summed E-state index contributed by atoms with van der Waals surface area (Å²) in [6.45, 7) is 1.64. The molecular formula is C18H18N2O2S. The number of anilines is 1. The Hall–Kier alpha value is -2.40. The van der Waals surface area contributed by atoms with E-state index >= 15 is 0 Å². The number of hydrogen-bond acceptors (Lipinski definition) is 3. The number of likely N-dealkylation sites (tertiary alicyclic amines) is 1. The standard InChI is InChI=1S/C18H18N2O2S/c21-17(9-8-16-7-4-12-23-16)19-15-6-3-5-14(13-15)18(22)20-10-1-2-11-20/h3-9,12-13H,1-2,10-11H2,(H,19,21)/b9-8+. The second kappa shape index (κ2) is 7.24. The Balaban J connectivity index is 1.65. The molecule has 4 nitrogen and oxygen atoms in total. The molecular weight excluding hydrogens is 308 g/mol. The first-order valence-corrected chi connectivity index (χ1v) is 8.52. The van der Waals surface area contributed by atoms with Crippen LogP contribution in [0, 0.1) is 0 Å². The van der Waals surface area contributed by atoms with Gasteiger partial charge in [-0.15, -0.1) is 11.3 Å². The van der Waals surface area contributed by atoms with E-state index in [9.17, 15) is 9.59 Å². The minimum Gasteiger partial charge on any atom is -0.339 e. The average Bonchev–Trinajstić information content (AvgIpc) is 3.26. The van der Waals surface area contributed by atoms with E-state index in [0.29, 0.717) is 11.3 Å². The molecule has 1 N–H and O–H groups in total. The van der Waals surface area contributed by atoms with Crippen molar-refractivity contribution in [2.24, 2.45) is 0 Å². The van der Waals surface area contributed by atoms with Gasteiger partial charge in [0.15, 0.2) is 0 Å². The van der Waals surface area contributed by atoms with Crippen molar-refractivity contribution in [3.63, 3.8) is 0 Å². The lowest BCUT2D eigenvalue weighted by Crippen LogP contribution is -2.27. The van der Waals surface area contributed by atoms with Crippen LogP contribution in [0.3, 0.4) is 0 Å². The number of rotatable bonds is 4. The Labute approximate surface area is 139 Å². The van der Waals surface area contributed by atoms with Gasteiger partial charge in [-0.3, -0.25) is 9.59 Å². The molecule has 1 aliphatic heterocycles. The molecule has 0 unspecified atom stereocenters. The highest BCUT2D eigenvalue weighted by Crippen LogP contribution is 2.16. The molecule has 5 heteroatoms. The Morgan fingerprint density at radius 1 is 1.13 bits per heavy atom. The maximum Gasteiger partial charge on any atom is 0.253 e. The maximum atomic E-state index is 12.4. The molecule has 0 radical (unpaired) electrons. The Bertz CT molecular complexity index is 716. The van der Waals surface area contributed by atoms with Gasteiger partial charge in [0.05, 0.1) is 0 Å². The summed E-state index contributed by atoms with van der Waals surface area (Å²) in [5, 5.41) is 4.76. The monoisotopic (exact) mass is 326 g/mol. The van der Waals surface area contributed by atoms with Crippen molar-refractivity contribution >= 4 is 34.9 Å². The molecule has 1 fully saturated rings. The molecule has 1 saturated heterocycles. The summed E-state index contributed by atoms with van der Waals surface area (Å²) in [7, 11) is 0. The van der Waals surface area contributed by atoms with Crippen molar-refractivity contribution < 1.29 is 9.59 Å². The molecule has 1 aromatic carbocycles. The van der Waals surface area contributed by atoms with E-state index in [1.165, 1.54) is 6.08 Å². The number of nitrogens with zero attached hydrogens (tertiary/aromatic N) is 1. The minimum absolute atomic E-state index is 0.0349. The Kier molecular flexibility index (Phi) is 4.88. The number of benzene rings is 1. The van der Waals surface area contributed by atoms with Gasteiger partial charge in [0.25, 0.3) is 5.91 Å². The fraction of sp³-hybridized carbons (Fsp3) is 0.222. The second-order valence-electron chi connectivity index (χ2n) is 5.42. The van der Waals surface area contributed by atoms with Crippen molar-refractivity contribution in [2.75, 3.05) is 18.4 Å². The van der Waals surface area contributed by atoms with Crippen LogP contribution in [0.25, 0.3) is 6.08 Å². The van der Waals surface area contributed by atoms with Gasteiger partial charge in [0, 0.05) is 35.3 Å². The lowest BCUT2D eigenvalue weighted by molar-refractivity contribution is -0.111. The molecule has 0 saturated carbocycles. The Morgan fingerprint density at radius 3 is 2.70 bits per heavy atom. The number of amides is 2. The maximum absolute atomic E-state index is 12.4. The molecule has 118 valence electrons. The van der Waals surface area contributed by atoms with Gasteiger partial charge in [0.2, 0.25) is 5.91 Å². The van der Waals surface area contributed by atoms with Crippen LogP contribution in [0.2, 0.25) is 0 Å². The third kappa shape index (κ3) is 4.07. The number of carbonyl (C=O) groups excluding carboxylic acids is 2. The van der Waals surface area contributed by atoms with Gasteiger partial charge >= 0.3 is 0 Å². The summed E-state index contributed by atoms with van der Waals surface area (Å²) in [6.07, 6.45) is 5.41. The van der Waals surface area contributed by atoms with E-state index in [1.807, 2.05) is 22.4 Å². The van der Waals surface area contributed by atoms with E-state index in [2.05, 4.69) is 5.32 Å². The molecule has 2 aromatic rings. The summed E-state index contributed by atoms with van der Waals surface area (Å²) in [5.41, 5.74) is 1.25. The van der Waals surface area contributed by atoms with Crippen LogP contribution in [-0.4, -0.2) is 29.8 Å². The number of thiophene rings is 1. The number of carbonyl (C=O) groups is 2. The molecule has 0 spiro atoms. The molecule has 2 amide bonds. The summed E-state index contributed by atoms with van der Waals surface area (Å²) < 4.78 is 0. The normalized spacial score (nSPS) is 14.3. The third-order valence-corrected chi connectivity index (χ3v) is 4.55. The lowest BCUT2D eigenvalue weighted by Gasteiger charge is -2.15. The largest absolute Gasteiger partial charge is 0.339 e. The van der Waals surface area contributed by atoms with Crippen molar-refractivity contribution in [1.82, 2.24) is 4.90 Å². The van der Waals surface area contributed by atoms with E-state index in [-0.39, 0.29) is 11.8 Å². The van der Waals surface area contributed by atoms with Crippen molar-refractivity contribution in [3.05, 3.63) is 58.3 Å². The topological polar surface area (TPSA) is 49.4 Å². The smallest absolute Gasteiger partial charge is 0.253 e. The predicted octanol–water partition coefficient (Wildman–Crippen LogP) is 3.64. The zero-order valence-electron chi connectivity index (χ0n) is 12.7. The SMILES string of the molecule is O=C(/C=C/c1cccs1)Nc1cccc(C(=O)N2CCCC2)c1. The fourth-order valence-corrected chi connectivity index (χ4v) is 3.18. The first kappa shape index (κ1) is 15.5. The molecule has 3 rings (SSSR count). The molecule has 23 heavy (non-hydrogen) atoms. The quantitative estimate of drug-likeness (QED) is 0.872. The minimum atomic E-state index is -0.204. The van der Waals surface area contributed by atoms with Crippen LogP contribution < -0.4 is 5.32 Å². The van der Waals surface area contributed by atoms with Crippen molar-refractivity contribution in [1.29, 1.82) is 0 Å². The van der Waals surface area contributed by atoms with Crippen LogP contribution in [0.1, 0.15) is 28.1 Å². The van der Waals surface area contributed by atoms with E-state index < -0.39 is 0 Å². The summed E-state index contributed by atoms with van der Waals surface area (Å²) >= 11 is 1.57.